The normalized spacial score (nSPS) is 21.9. The molecule has 0 radical (unpaired) electrons. The summed E-state index contributed by atoms with van der Waals surface area (Å²) in [6, 6.07) is 16.7. The summed E-state index contributed by atoms with van der Waals surface area (Å²) in [5, 5.41) is 0. The number of hydrogen-bond acceptors (Lipinski definition) is 3. The van der Waals surface area contributed by atoms with Gasteiger partial charge in [-0.15, -0.1) is 0 Å². The van der Waals surface area contributed by atoms with E-state index in [0.717, 1.165) is 50.1 Å². The Labute approximate surface area is 164 Å². The molecule has 0 N–H and O–H groups in total. The fourth-order valence-corrected chi connectivity index (χ4v) is 4.70. The van der Waals surface area contributed by atoms with Gasteiger partial charge in [-0.25, -0.2) is 4.98 Å². The molecule has 2 aliphatic rings. The van der Waals surface area contributed by atoms with Crippen molar-refractivity contribution in [2.24, 2.45) is 0 Å². The van der Waals surface area contributed by atoms with Crippen molar-refractivity contribution in [3.63, 3.8) is 0 Å². The first-order valence-corrected chi connectivity index (χ1v) is 10.2. The second-order valence-corrected chi connectivity index (χ2v) is 7.87. The Morgan fingerprint density at radius 3 is 2.57 bits per heavy atom. The zero-order chi connectivity index (χ0) is 19.0. The molecule has 4 heterocycles. The van der Waals surface area contributed by atoms with Crippen molar-refractivity contribution in [1.82, 2.24) is 14.3 Å². The number of pyridine rings is 1. The molecule has 1 amide bonds. The van der Waals surface area contributed by atoms with Gasteiger partial charge in [-0.1, -0.05) is 36.4 Å². The lowest BCUT2D eigenvalue weighted by atomic mass is 9.70. The number of ether oxygens (including phenoxy) is 1. The molecule has 0 bridgehead atoms. The highest BCUT2D eigenvalue weighted by atomic mass is 16.5. The summed E-state index contributed by atoms with van der Waals surface area (Å²) in [5.74, 6) is 0.161. The van der Waals surface area contributed by atoms with Crippen LogP contribution in [0.1, 0.15) is 36.9 Å². The first kappa shape index (κ1) is 17.4. The number of carbonyl (C=O) groups is 1. The Hall–Kier alpha value is -2.66. The van der Waals surface area contributed by atoms with Gasteiger partial charge in [0.25, 0.3) is 5.91 Å². The van der Waals surface area contributed by atoms with E-state index < -0.39 is 0 Å². The second-order valence-electron chi connectivity index (χ2n) is 7.87. The van der Waals surface area contributed by atoms with Gasteiger partial charge in [-0.2, -0.15) is 0 Å². The highest BCUT2D eigenvalue weighted by molar-refractivity contribution is 5.81. The topological polar surface area (TPSA) is 46.8 Å². The van der Waals surface area contributed by atoms with Gasteiger partial charge in [0, 0.05) is 37.5 Å². The lowest BCUT2D eigenvalue weighted by Gasteiger charge is -2.42. The summed E-state index contributed by atoms with van der Waals surface area (Å²) in [7, 11) is 0. The molecule has 3 aromatic rings. The van der Waals surface area contributed by atoms with E-state index in [4.69, 9.17) is 9.72 Å². The summed E-state index contributed by atoms with van der Waals surface area (Å²) >= 11 is 0. The number of hydrogen-bond donors (Lipinski definition) is 0. The molecule has 28 heavy (non-hydrogen) atoms. The van der Waals surface area contributed by atoms with E-state index in [1.54, 1.807) is 0 Å². The van der Waals surface area contributed by atoms with Crippen molar-refractivity contribution in [2.75, 3.05) is 19.7 Å². The molecule has 2 aromatic heterocycles. The van der Waals surface area contributed by atoms with Crippen molar-refractivity contribution >= 4 is 11.6 Å². The van der Waals surface area contributed by atoms with Crippen molar-refractivity contribution in [1.29, 1.82) is 0 Å². The van der Waals surface area contributed by atoms with Gasteiger partial charge in [0.05, 0.1) is 5.69 Å². The molecule has 5 heteroatoms. The van der Waals surface area contributed by atoms with Crippen LogP contribution in [0, 0.1) is 0 Å². The highest BCUT2D eigenvalue weighted by Gasteiger charge is 2.42. The van der Waals surface area contributed by atoms with E-state index in [-0.39, 0.29) is 17.4 Å². The SMILES string of the molecule is O=C([C@H]1CCCO1)N1CCC(c2ccccc2)(c2cn3ccccc3n2)CC1. The molecule has 0 unspecified atom stereocenters. The van der Waals surface area contributed by atoms with Crippen molar-refractivity contribution in [2.45, 2.75) is 37.2 Å². The average molecular weight is 375 g/mol. The van der Waals surface area contributed by atoms with Crippen LogP contribution >= 0.6 is 0 Å². The summed E-state index contributed by atoms with van der Waals surface area (Å²) in [6.07, 6.45) is 7.55. The number of amides is 1. The van der Waals surface area contributed by atoms with Crippen LogP contribution in [0.2, 0.25) is 0 Å². The number of nitrogens with zero attached hydrogens (tertiary/aromatic N) is 3. The zero-order valence-electron chi connectivity index (χ0n) is 16.0. The average Bonchev–Trinajstić information content (AvgIpc) is 3.44. The Kier molecular flexibility index (Phi) is 4.40. The minimum atomic E-state index is -0.237. The predicted molar refractivity (Wildman–Crippen MR) is 107 cm³/mol. The predicted octanol–water partition coefficient (Wildman–Crippen LogP) is 3.42. The van der Waals surface area contributed by atoms with E-state index in [1.165, 1.54) is 5.56 Å². The van der Waals surface area contributed by atoms with E-state index >= 15 is 0 Å². The van der Waals surface area contributed by atoms with E-state index in [9.17, 15) is 4.79 Å². The van der Waals surface area contributed by atoms with Gasteiger partial charge in [-0.05, 0) is 43.4 Å². The van der Waals surface area contributed by atoms with Crippen molar-refractivity contribution in [3.8, 4) is 0 Å². The number of likely N-dealkylation sites (tertiary alicyclic amines) is 1. The Morgan fingerprint density at radius 2 is 1.86 bits per heavy atom. The summed E-state index contributed by atoms with van der Waals surface area (Å²) in [5.41, 5.74) is 3.17. The highest BCUT2D eigenvalue weighted by Crippen LogP contribution is 2.41. The largest absolute Gasteiger partial charge is 0.368 e. The molecule has 0 aliphatic carbocycles. The molecule has 2 saturated heterocycles. The van der Waals surface area contributed by atoms with Crippen LogP contribution in [0.25, 0.3) is 5.65 Å². The quantitative estimate of drug-likeness (QED) is 0.705. The maximum absolute atomic E-state index is 12.8. The van der Waals surface area contributed by atoms with Crippen molar-refractivity contribution < 1.29 is 9.53 Å². The van der Waals surface area contributed by atoms with E-state index in [0.29, 0.717) is 6.61 Å². The molecule has 1 aromatic carbocycles. The number of imidazole rings is 1. The van der Waals surface area contributed by atoms with Crippen LogP contribution in [0.5, 0.6) is 0 Å². The van der Waals surface area contributed by atoms with Crippen LogP contribution in [0.3, 0.4) is 0 Å². The van der Waals surface area contributed by atoms with Crippen LogP contribution in [-0.4, -0.2) is 46.0 Å². The van der Waals surface area contributed by atoms with Gasteiger partial charge in [0.15, 0.2) is 0 Å². The number of aromatic nitrogens is 2. The second kappa shape index (κ2) is 7.06. The molecular weight excluding hydrogens is 350 g/mol. The van der Waals surface area contributed by atoms with Crippen LogP contribution < -0.4 is 0 Å². The van der Waals surface area contributed by atoms with E-state index in [1.807, 2.05) is 29.3 Å². The van der Waals surface area contributed by atoms with Gasteiger partial charge < -0.3 is 14.0 Å². The first-order valence-electron chi connectivity index (χ1n) is 10.2. The molecule has 5 nitrogen and oxygen atoms in total. The number of carbonyl (C=O) groups excluding carboxylic acids is 1. The third-order valence-electron chi connectivity index (χ3n) is 6.31. The summed E-state index contributed by atoms with van der Waals surface area (Å²) < 4.78 is 7.71. The molecule has 1 atom stereocenters. The maximum Gasteiger partial charge on any atom is 0.251 e. The molecule has 5 rings (SSSR count). The summed E-state index contributed by atoms with van der Waals surface area (Å²) in [6.45, 7) is 2.18. The Morgan fingerprint density at radius 1 is 1.07 bits per heavy atom. The van der Waals surface area contributed by atoms with Gasteiger partial charge in [0.1, 0.15) is 11.8 Å². The molecule has 2 fully saturated rings. The Bertz CT molecular complexity index is 935. The standard InChI is InChI=1S/C23H25N3O2/c27-22(19-9-6-16-28-19)25-14-11-23(12-15-25,18-7-2-1-3-8-18)20-17-26-13-5-4-10-21(26)24-20/h1-5,7-8,10,13,17,19H,6,9,11-12,14-16H2/t19-/m1/s1. The van der Waals surface area contributed by atoms with Gasteiger partial charge in [-0.3, -0.25) is 4.79 Å². The lowest BCUT2D eigenvalue weighted by molar-refractivity contribution is -0.142. The minimum absolute atomic E-state index is 0.161. The molecular formula is C23H25N3O2. The molecule has 0 saturated carbocycles. The van der Waals surface area contributed by atoms with Crippen molar-refractivity contribution in [3.05, 3.63) is 72.2 Å². The van der Waals surface area contributed by atoms with Crippen LogP contribution in [0.15, 0.2) is 60.9 Å². The first-order chi connectivity index (χ1) is 13.8. The minimum Gasteiger partial charge on any atom is -0.368 e. The monoisotopic (exact) mass is 375 g/mol. The third-order valence-corrected chi connectivity index (χ3v) is 6.31. The summed E-state index contributed by atoms with van der Waals surface area (Å²) in [4.78, 5) is 19.8. The smallest absolute Gasteiger partial charge is 0.251 e. The van der Waals surface area contributed by atoms with E-state index in [2.05, 4.69) is 40.9 Å². The number of piperidine rings is 1. The fraction of sp³-hybridized carbons (Fsp3) is 0.391. The molecule has 0 spiro atoms. The maximum atomic E-state index is 12.8. The van der Waals surface area contributed by atoms with Crippen LogP contribution in [0.4, 0.5) is 0 Å². The molecule has 2 aliphatic heterocycles. The number of rotatable bonds is 3. The number of fused-ring (bicyclic) bond motifs is 1. The fourth-order valence-electron chi connectivity index (χ4n) is 4.70. The molecule has 144 valence electrons. The zero-order valence-corrected chi connectivity index (χ0v) is 16.0. The van der Waals surface area contributed by atoms with Crippen LogP contribution in [-0.2, 0) is 14.9 Å². The Balaban J connectivity index is 1.48. The van der Waals surface area contributed by atoms with Gasteiger partial charge in [0.2, 0.25) is 0 Å². The number of benzene rings is 1. The third kappa shape index (κ3) is 2.90. The lowest BCUT2D eigenvalue weighted by Crippen LogP contribution is -2.48. The van der Waals surface area contributed by atoms with Gasteiger partial charge >= 0.3 is 0 Å².